The Kier molecular flexibility index (Phi) is 7.18. The van der Waals surface area contributed by atoms with E-state index < -0.39 is 0 Å². The molecule has 0 aromatic heterocycles. The van der Waals surface area contributed by atoms with Crippen molar-refractivity contribution in [3.63, 3.8) is 0 Å². The summed E-state index contributed by atoms with van der Waals surface area (Å²) in [4.78, 5) is 0. The molecule has 2 aliphatic rings. The van der Waals surface area contributed by atoms with E-state index in [9.17, 15) is 0 Å². The molecule has 2 N–H and O–H groups in total. The fourth-order valence-corrected chi connectivity index (χ4v) is 3.68. The van der Waals surface area contributed by atoms with E-state index in [-0.39, 0.29) is 0 Å². The molecule has 112 valence electrons. The number of ether oxygens (including phenoxy) is 1. The normalized spacial score (nSPS) is 31.7. The molecule has 0 aromatic rings. The van der Waals surface area contributed by atoms with Crippen LogP contribution in [0.25, 0.3) is 0 Å². The highest BCUT2D eigenvalue weighted by Gasteiger charge is 2.32. The van der Waals surface area contributed by atoms with Gasteiger partial charge in [-0.1, -0.05) is 19.8 Å². The smallest absolute Gasteiger partial charge is 0.0478 e. The summed E-state index contributed by atoms with van der Waals surface area (Å²) in [6.07, 6.45) is 10.7. The van der Waals surface area contributed by atoms with Crippen LogP contribution in [0.3, 0.4) is 0 Å². The number of hydrogen-bond donors (Lipinski definition) is 2. The van der Waals surface area contributed by atoms with Crippen molar-refractivity contribution in [3.8, 4) is 0 Å². The number of nitrogens with one attached hydrogen (secondary N) is 2. The molecule has 0 aromatic carbocycles. The van der Waals surface area contributed by atoms with Crippen LogP contribution in [0, 0.1) is 5.92 Å². The Morgan fingerprint density at radius 3 is 2.79 bits per heavy atom. The Labute approximate surface area is 118 Å². The van der Waals surface area contributed by atoms with Gasteiger partial charge in [-0.15, -0.1) is 0 Å². The van der Waals surface area contributed by atoms with Crippen LogP contribution in [0.2, 0.25) is 0 Å². The van der Waals surface area contributed by atoms with Crippen molar-refractivity contribution in [2.45, 2.75) is 70.4 Å². The molecule has 3 nitrogen and oxygen atoms in total. The maximum Gasteiger partial charge on any atom is 0.0478 e. The van der Waals surface area contributed by atoms with Gasteiger partial charge >= 0.3 is 0 Å². The molecular weight excluding hydrogens is 236 g/mol. The predicted octanol–water partition coefficient (Wildman–Crippen LogP) is 2.70. The van der Waals surface area contributed by atoms with Gasteiger partial charge in [0.1, 0.15) is 0 Å². The van der Waals surface area contributed by atoms with Crippen molar-refractivity contribution >= 4 is 0 Å². The van der Waals surface area contributed by atoms with Gasteiger partial charge in [-0.25, -0.2) is 0 Å². The first-order valence-electron chi connectivity index (χ1n) is 8.46. The zero-order valence-corrected chi connectivity index (χ0v) is 12.6. The molecule has 1 aliphatic heterocycles. The lowest BCUT2D eigenvalue weighted by Gasteiger charge is -2.36. The van der Waals surface area contributed by atoms with E-state index in [1.165, 1.54) is 45.1 Å². The summed E-state index contributed by atoms with van der Waals surface area (Å²) in [5.74, 6) is 0.868. The van der Waals surface area contributed by atoms with Gasteiger partial charge in [-0.3, -0.25) is 0 Å². The van der Waals surface area contributed by atoms with Gasteiger partial charge in [-0.2, -0.15) is 0 Å². The van der Waals surface area contributed by atoms with E-state index in [1.54, 1.807) is 0 Å². The molecule has 2 fully saturated rings. The third-order valence-electron chi connectivity index (χ3n) is 4.66. The van der Waals surface area contributed by atoms with Crippen LogP contribution < -0.4 is 10.6 Å². The zero-order chi connectivity index (χ0) is 13.3. The second kappa shape index (κ2) is 8.93. The van der Waals surface area contributed by atoms with Crippen molar-refractivity contribution in [3.05, 3.63) is 0 Å². The minimum Gasteiger partial charge on any atom is -0.381 e. The Morgan fingerprint density at radius 2 is 2.00 bits per heavy atom. The van der Waals surface area contributed by atoms with Crippen molar-refractivity contribution in [1.82, 2.24) is 10.6 Å². The molecule has 1 saturated heterocycles. The predicted molar refractivity (Wildman–Crippen MR) is 80.5 cm³/mol. The molecule has 0 bridgehead atoms. The molecule has 1 saturated carbocycles. The highest BCUT2D eigenvalue weighted by atomic mass is 16.5. The monoisotopic (exact) mass is 268 g/mol. The average molecular weight is 268 g/mol. The molecule has 0 spiro atoms. The average Bonchev–Trinajstić information content (AvgIpc) is 2.97. The van der Waals surface area contributed by atoms with Crippen LogP contribution in [0.5, 0.6) is 0 Å². The summed E-state index contributed by atoms with van der Waals surface area (Å²) in [6, 6.07) is 1.53. The number of hydrogen-bond acceptors (Lipinski definition) is 3. The third-order valence-corrected chi connectivity index (χ3v) is 4.66. The van der Waals surface area contributed by atoms with Crippen LogP contribution in [-0.2, 0) is 4.74 Å². The second-order valence-corrected chi connectivity index (χ2v) is 6.18. The maximum atomic E-state index is 5.55. The molecule has 0 radical (unpaired) electrons. The molecule has 3 unspecified atom stereocenters. The third kappa shape index (κ3) is 5.05. The summed E-state index contributed by atoms with van der Waals surface area (Å²) in [5.41, 5.74) is 0. The van der Waals surface area contributed by atoms with E-state index in [1.807, 2.05) is 0 Å². The summed E-state index contributed by atoms with van der Waals surface area (Å²) in [6.45, 7) is 6.35. The zero-order valence-electron chi connectivity index (χ0n) is 12.6. The first kappa shape index (κ1) is 15.3. The lowest BCUT2D eigenvalue weighted by Crippen LogP contribution is -2.47. The van der Waals surface area contributed by atoms with E-state index >= 15 is 0 Å². The largest absolute Gasteiger partial charge is 0.381 e. The fraction of sp³-hybridized carbons (Fsp3) is 1.00. The van der Waals surface area contributed by atoms with Crippen LogP contribution in [-0.4, -0.2) is 38.4 Å². The Balaban J connectivity index is 1.64. The van der Waals surface area contributed by atoms with Gasteiger partial charge in [-0.05, 0) is 57.5 Å². The van der Waals surface area contributed by atoms with E-state index in [0.29, 0.717) is 0 Å². The van der Waals surface area contributed by atoms with Crippen LogP contribution in [0.1, 0.15) is 58.3 Å². The maximum absolute atomic E-state index is 5.55. The highest BCUT2D eigenvalue weighted by Crippen LogP contribution is 2.30. The van der Waals surface area contributed by atoms with Crippen molar-refractivity contribution in [2.24, 2.45) is 5.92 Å². The van der Waals surface area contributed by atoms with Crippen LogP contribution in [0.15, 0.2) is 0 Å². The molecule has 3 atom stereocenters. The summed E-state index contributed by atoms with van der Waals surface area (Å²) >= 11 is 0. The Bertz CT molecular complexity index is 229. The molecule has 3 heteroatoms. The molecule has 19 heavy (non-hydrogen) atoms. The van der Waals surface area contributed by atoms with Crippen LogP contribution in [0.4, 0.5) is 0 Å². The highest BCUT2D eigenvalue weighted by molar-refractivity contribution is 4.91. The summed E-state index contributed by atoms with van der Waals surface area (Å²) in [5, 5.41) is 7.52. The lowest BCUT2D eigenvalue weighted by atomic mass is 9.79. The molecule has 1 aliphatic carbocycles. The SMILES string of the molecule is CCCOCCCNC1CCCCC1C1CCCN1. The summed E-state index contributed by atoms with van der Waals surface area (Å²) in [7, 11) is 0. The summed E-state index contributed by atoms with van der Waals surface area (Å²) < 4.78 is 5.55. The van der Waals surface area contributed by atoms with Crippen molar-refractivity contribution in [2.75, 3.05) is 26.3 Å². The first-order valence-corrected chi connectivity index (χ1v) is 8.46. The minimum atomic E-state index is 0.746. The minimum absolute atomic E-state index is 0.746. The van der Waals surface area contributed by atoms with Gasteiger partial charge in [0.25, 0.3) is 0 Å². The Morgan fingerprint density at radius 1 is 1.11 bits per heavy atom. The molecule has 2 rings (SSSR count). The van der Waals surface area contributed by atoms with Gasteiger partial charge in [0.05, 0.1) is 0 Å². The fourth-order valence-electron chi connectivity index (χ4n) is 3.68. The number of rotatable bonds is 8. The van der Waals surface area contributed by atoms with E-state index in [2.05, 4.69) is 17.6 Å². The Hall–Kier alpha value is -0.120. The van der Waals surface area contributed by atoms with Gasteiger partial charge < -0.3 is 15.4 Å². The van der Waals surface area contributed by atoms with Crippen molar-refractivity contribution in [1.29, 1.82) is 0 Å². The molecule has 0 amide bonds. The quantitative estimate of drug-likeness (QED) is 0.664. The molecule has 1 heterocycles. The van der Waals surface area contributed by atoms with E-state index in [0.717, 1.165) is 50.6 Å². The van der Waals surface area contributed by atoms with Gasteiger partial charge in [0.2, 0.25) is 0 Å². The second-order valence-electron chi connectivity index (χ2n) is 6.18. The van der Waals surface area contributed by atoms with Crippen molar-refractivity contribution < 1.29 is 4.74 Å². The van der Waals surface area contributed by atoms with Gasteiger partial charge in [0.15, 0.2) is 0 Å². The first-order chi connectivity index (χ1) is 9.42. The molecular formula is C16H32N2O. The van der Waals surface area contributed by atoms with Crippen LogP contribution >= 0.6 is 0 Å². The van der Waals surface area contributed by atoms with E-state index in [4.69, 9.17) is 4.74 Å². The van der Waals surface area contributed by atoms with Gasteiger partial charge in [0, 0.05) is 25.3 Å². The lowest BCUT2D eigenvalue weighted by molar-refractivity contribution is 0.129. The topological polar surface area (TPSA) is 33.3 Å². The standard InChI is InChI=1S/C16H32N2O/c1-2-12-19-13-6-11-18-15-8-4-3-7-14(15)16-9-5-10-17-16/h14-18H,2-13H2,1H3.